The third-order valence-corrected chi connectivity index (χ3v) is 7.73. The molecule has 0 spiro atoms. The molecule has 0 atom stereocenters. The summed E-state index contributed by atoms with van der Waals surface area (Å²) in [6.45, 7) is 5.28. The maximum absolute atomic E-state index is 12.6. The molecule has 1 N–H and O–H groups in total. The largest absolute Gasteiger partial charge is 0.490 e. The number of carbonyl (C=O) groups is 1. The monoisotopic (exact) mass is 564 g/mol. The molecule has 1 aliphatic carbocycles. The highest BCUT2D eigenvalue weighted by atomic mass is 16.5. The van der Waals surface area contributed by atoms with Gasteiger partial charge in [-0.1, -0.05) is 6.42 Å². The van der Waals surface area contributed by atoms with Crippen molar-refractivity contribution in [3.05, 3.63) is 42.2 Å². The van der Waals surface area contributed by atoms with Crippen molar-refractivity contribution in [1.82, 2.24) is 14.9 Å². The highest BCUT2D eigenvalue weighted by Gasteiger charge is 2.32. The van der Waals surface area contributed by atoms with E-state index in [1.54, 1.807) is 14.2 Å². The number of anilines is 2. The van der Waals surface area contributed by atoms with Gasteiger partial charge in [0.05, 0.1) is 18.7 Å². The van der Waals surface area contributed by atoms with E-state index in [0.717, 1.165) is 66.7 Å². The summed E-state index contributed by atoms with van der Waals surface area (Å²) in [6, 6.07) is 9.78. The highest BCUT2D eigenvalue weighted by Crippen LogP contribution is 2.36. The Labute approximate surface area is 241 Å². The molecular formula is C31H40N4O6. The van der Waals surface area contributed by atoms with E-state index < -0.39 is 0 Å². The first-order valence-corrected chi connectivity index (χ1v) is 14.4. The summed E-state index contributed by atoms with van der Waals surface area (Å²) in [6.07, 6.45) is 6.64. The summed E-state index contributed by atoms with van der Waals surface area (Å²) >= 11 is 0. The molecule has 1 aliphatic heterocycles. The van der Waals surface area contributed by atoms with Crippen LogP contribution in [0, 0.1) is 12.8 Å². The minimum Gasteiger partial charge on any atom is -0.490 e. The van der Waals surface area contributed by atoms with E-state index in [9.17, 15) is 4.79 Å². The number of nitrogens with one attached hydrogen (secondary N) is 1. The lowest BCUT2D eigenvalue weighted by atomic mass is 9.84. The van der Waals surface area contributed by atoms with Crippen LogP contribution < -0.4 is 19.5 Å². The number of rotatable bonds is 13. The zero-order valence-corrected chi connectivity index (χ0v) is 24.2. The van der Waals surface area contributed by atoms with E-state index in [2.05, 4.69) is 21.4 Å². The summed E-state index contributed by atoms with van der Waals surface area (Å²) in [4.78, 5) is 23.5. The van der Waals surface area contributed by atoms with Gasteiger partial charge >= 0.3 is 0 Å². The van der Waals surface area contributed by atoms with Gasteiger partial charge in [0.1, 0.15) is 37.2 Å². The van der Waals surface area contributed by atoms with Crippen LogP contribution in [0.25, 0.3) is 10.9 Å². The van der Waals surface area contributed by atoms with Gasteiger partial charge in [0.15, 0.2) is 11.5 Å². The number of likely N-dealkylation sites (tertiary alicyclic amines) is 1. The minimum atomic E-state index is 0.112. The van der Waals surface area contributed by atoms with E-state index in [0.29, 0.717) is 49.7 Å². The molecule has 5 rings (SSSR count). The standard InChI is InChI=1S/C31H40N4O6/c1-21-17-23(7-8-27(21)41-24-9-11-35(12-10-24)31(36)22-5-4-6-22)34-30-25-18-28(39-15-13-37-2)29(40-16-14-38-3)19-26(25)32-20-33-30/h7-8,17-20,22,24H,4-6,9-16H2,1-3H3,(H,32,33,34). The van der Waals surface area contributed by atoms with Crippen LogP contribution in [-0.4, -0.2) is 80.6 Å². The number of hydrogen-bond acceptors (Lipinski definition) is 9. The van der Waals surface area contributed by atoms with Crippen LogP contribution in [0.1, 0.15) is 37.7 Å². The predicted molar refractivity (Wildman–Crippen MR) is 156 cm³/mol. The summed E-state index contributed by atoms with van der Waals surface area (Å²) in [7, 11) is 3.27. The van der Waals surface area contributed by atoms with E-state index in [1.807, 2.05) is 36.1 Å². The zero-order valence-electron chi connectivity index (χ0n) is 24.2. The number of hydrogen-bond donors (Lipinski definition) is 1. The third kappa shape index (κ3) is 7.18. The second-order valence-corrected chi connectivity index (χ2v) is 10.6. The van der Waals surface area contributed by atoms with Gasteiger partial charge in [0.25, 0.3) is 0 Å². The smallest absolute Gasteiger partial charge is 0.225 e. The van der Waals surface area contributed by atoms with Gasteiger partial charge in [-0.3, -0.25) is 4.79 Å². The first-order chi connectivity index (χ1) is 20.1. The Morgan fingerprint density at radius 2 is 1.61 bits per heavy atom. The molecule has 1 aromatic heterocycles. The van der Waals surface area contributed by atoms with Crippen LogP contribution in [0.5, 0.6) is 17.2 Å². The molecular weight excluding hydrogens is 524 g/mol. The minimum absolute atomic E-state index is 0.112. The maximum Gasteiger partial charge on any atom is 0.225 e. The zero-order chi connectivity index (χ0) is 28.6. The number of fused-ring (bicyclic) bond motifs is 1. The molecule has 1 saturated carbocycles. The normalized spacial score (nSPS) is 15.9. The molecule has 2 aliphatic rings. The molecule has 0 radical (unpaired) electrons. The molecule has 10 heteroatoms. The fourth-order valence-electron chi connectivity index (χ4n) is 5.14. The number of aryl methyl sites for hydroxylation is 1. The summed E-state index contributed by atoms with van der Waals surface area (Å²) in [5, 5.41) is 4.24. The number of carbonyl (C=O) groups excluding carboxylic acids is 1. The van der Waals surface area contributed by atoms with Crippen molar-refractivity contribution in [2.45, 2.75) is 45.1 Å². The van der Waals surface area contributed by atoms with Crippen LogP contribution in [0.3, 0.4) is 0 Å². The van der Waals surface area contributed by atoms with Gasteiger partial charge in [-0.2, -0.15) is 0 Å². The molecule has 1 amide bonds. The maximum atomic E-state index is 12.6. The summed E-state index contributed by atoms with van der Waals surface area (Å²) in [5.41, 5.74) is 2.64. The van der Waals surface area contributed by atoms with Gasteiger partial charge in [0, 0.05) is 63.2 Å². The topological polar surface area (TPSA) is 104 Å². The quantitative estimate of drug-likeness (QED) is 0.290. The van der Waals surface area contributed by atoms with Gasteiger partial charge in [-0.15, -0.1) is 0 Å². The van der Waals surface area contributed by atoms with Crippen molar-refractivity contribution in [2.75, 3.05) is 59.1 Å². The van der Waals surface area contributed by atoms with E-state index in [1.165, 1.54) is 12.7 Å². The van der Waals surface area contributed by atoms with Gasteiger partial charge in [-0.25, -0.2) is 9.97 Å². The van der Waals surface area contributed by atoms with E-state index >= 15 is 0 Å². The van der Waals surface area contributed by atoms with Crippen LogP contribution >= 0.6 is 0 Å². The fraction of sp³-hybridized carbons (Fsp3) is 0.516. The molecule has 10 nitrogen and oxygen atoms in total. The van der Waals surface area contributed by atoms with Crippen molar-refractivity contribution in [1.29, 1.82) is 0 Å². The van der Waals surface area contributed by atoms with E-state index in [4.69, 9.17) is 23.7 Å². The second kappa shape index (κ2) is 13.8. The first kappa shape index (κ1) is 28.9. The SMILES string of the molecule is COCCOc1cc2ncnc(Nc3ccc(OC4CCN(C(=O)C5CCC5)CC4)c(C)c3)c2cc1OCCOC. The average Bonchev–Trinajstić information content (AvgIpc) is 2.94. The lowest BCUT2D eigenvalue weighted by molar-refractivity contribution is -0.140. The highest BCUT2D eigenvalue weighted by molar-refractivity contribution is 5.93. The van der Waals surface area contributed by atoms with Crippen molar-refractivity contribution in [3.63, 3.8) is 0 Å². The Hall–Kier alpha value is -3.63. The Balaban J connectivity index is 1.26. The molecule has 220 valence electrons. The van der Waals surface area contributed by atoms with Crippen LogP contribution in [-0.2, 0) is 14.3 Å². The van der Waals surface area contributed by atoms with Crippen molar-refractivity contribution >= 4 is 28.3 Å². The molecule has 0 unspecified atom stereocenters. The third-order valence-electron chi connectivity index (χ3n) is 7.73. The Bertz CT molecular complexity index is 1320. The van der Waals surface area contributed by atoms with Crippen LogP contribution in [0.15, 0.2) is 36.7 Å². The van der Waals surface area contributed by atoms with Gasteiger partial charge in [-0.05, 0) is 49.6 Å². The summed E-state index contributed by atoms with van der Waals surface area (Å²) < 4.78 is 28.5. The van der Waals surface area contributed by atoms with Crippen molar-refractivity contribution < 1.29 is 28.5 Å². The molecule has 41 heavy (non-hydrogen) atoms. The number of methoxy groups -OCH3 is 2. The van der Waals surface area contributed by atoms with Gasteiger partial charge < -0.3 is 33.9 Å². The fourth-order valence-corrected chi connectivity index (χ4v) is 5.14. The molecule has 1 saturated heterocycles. The first-order valence-electron chi connectivity index (χ1n) is 14.4. The van der Waals surface area contributed by atoms with Crippen molar-refractivity contribution in [3.8, 4) is 17.2 Å². The Morgan fingerprint density at radius 3 is 2.24 bits per heavy atom. The number of piperidine rings is 1. The molecule has 2 heterocycles. The lowest BCUT2D eigenvalue weighted by Crippen LogP contribution is -2.45. The number of aromatic nitrogens is 2. The number of benzene rings is 2. The molecule has 3 aromatic rings. The number of nitrogens with zero attached hydrogens (tertiary/aromatic N) is 3. The van der Waals surface area contributed by atoms with Crippen LogP contribution in [0.4, 0.5) is 11.5 Å². The Morgan fingerprint density at radius 1 is 0.902 bits per heavy atom. The molecule has 2 fully saturated rings. The molecule has 2 aromatic carbocycles. The number of amides is 1. The van der Waals surface area contributed by atoms with Crippen molar-refractivity contribution in [2.24, 2.45) is 5.92 Å². The Kier molecular flexibility index (Phi) is 9.74. The predicted octanol–water partition coefficient (Wildman–Crippen LogP) is 4.90. The van der Waals surface area contributed by atoms with Gasteiger partial charge in [0.2, 0.25) is 5.91 Å². The van der Waals surface area contributed by atoms with Crippen LogP contribution in [0.2, 0.25) is 0 Å². The summed E-state index contributed by atoms with van der Waals surface area (Å²) in [5.74, 6) is 3.29. The molecule has 0 bridgehead atoms. The second-order valence-electron chi connectivity index (χ2n) is 10.6. The van der Waals surface area contributed by atoms with E-state index in [-0.39, 0.29) is 12.0 Å². The lowest BCUT2D eigenvalue weighted by Gasteiger charge is -2.36. The average molecular weight is 565 g/mol. The number of ether oxygens (including phenoxy) is 5.